The van der Waals surface area contributed by atoms with Gasteiger partial charge in [0.1, 0.15) is 0 Å². The fourth-order valence-electron chi connectivity index (χ4n) is 0.423. The molecular formula is C7H7NS. The molecule has 1 N–H and O–H groups in total. The Kier molecular flexibility index (Phi) is 2.17. The van der Waals surface area contributed by atoms with Crippen LogP contribution in [0.4, 0.5) is 0 Å². The maximum absolute atomic E-state index is 3.07. The van der Waals surface area contributed by atoms with Crippen LogP contribution in [-0.2, 0) is 0 Å². The SMILES string of the molecule is Cc1cc#cccs[nH]1. The van der Waals surface area contributed by atoms with Crippen molar-refractivity contribution in [3.05, 3.63) is 35.3 Å². The van der Waals surface area contributed by atoms with Crippen molar-refractivity contribution in [2.24, 2.45) is 0 Å². The molecule has 1 aromatic rings. The van der Waals surface area contributed by atoms with Gasteiger partial charge in [-0.25, -0.2) is 0 Å². The van der Waals surface area contributed by atoms with Crippen LogP contribution >= 0.6 is 11.5 Å². The zero-order valence-electron chi connectivity index (χ0n) is 5.14. The molecule has 0 aliphatic heterocycles. The van der Waals surface area contributed by atoms with Crippen molar-refractivity contribution in [1.82, 2.24) is 4.37 Å². The van der Waals surface area contributed by atoms with Crippen molar-refractivity contribution in [2.75, 3.05) is 0 Å². The summed E-state index contributed by atoms with van der Waals surface area (Å²) in [5.74, 6) is 0. The highest BCUT2D eigenvalue weighted by molar-refractivity contribution is 7.03. The topological polar surface area (TPSA) is 15.8 Å². The molecule has 0 amide bonds. The van der Waals surface area contributed by atoms with Gasteiger partial charge in [0.2, 0.25) is 0 Å². The van der Waals surface area contributed by atoms with Crippen LogP contribution in [0.25, 0.3) is 0 Å². The van der Waals surface area contributed by atoms with Crippen LogP contribution in [0.3, 0.4) is 0 Å². The zero-order chi connectivity index (χ0) is 6.53. The monoisotopic (exact) mass is 137 g/mol. The second-order valence-electron chi connectivity index (χ2n) is 1.64. The molecular weight excluding hydrogens is 130 g/mol. The van der Waals surface area contributed by atoms with Crippen molar-refractivity contribution in [1.29, 1.82) is 0 Å². The molecule has 1 aromatic heterocycles. The van der Waals surface area contributed by atoms with Gasteiger partial charge in [0.05, 0.1) is 0 Å². The molecule has 0 radical (unpaired) electrons. The molecule has 0 fully saturated rings. The summed E-state index contributed by atoms with van der Waals surface area (Å²) in [6.07, 6.45) is 0. The largest absolute Gasteiger partial charge is 0.315 e. The van der Waals surface area contributed by atoms with Crippen LogP contribution in [-0.4, -0.2) is 4.37 Å². The molecule has 0 aromatic carbocycles. The van der Waals surface area contributed by atoms with E-state index in [2.05, 4.69) is 16.5 Å². The maximum Gasteiger partial charge on any atom is 0.0302 e. The molecule has 0 atom stereocenters. The van der Waals surface area contributed by atoms with E-state index in [-0.39, 0.29) is 0 Å². The average Bonchev–Trinajstić information content (AvgIpc) is 1.79. The quantitative estimate of drug-likeness (QED) is 0.563. The molecule has 9 heavy (non-hydrogen) atoms. The summed E-state index contributed by atoms with van der Waals surface area (Å²) in [6, 6.07) is 9.39. The van der Waals surface area contributed by atoms with Gasteiger partial charge in [-0.1, -0.05) is 23.7 Å². The summed E-state index contributed by atoms with van der Waals surface area (Å²) in [7, 11) is 0. The summed E-state index contributed by atoms with van der Waals surface area (Å²) in [4.78, 5) is 0. The fourth-order valence-corrected chi connectivity index (χ4v) is 0.871. The number of hydrogen-bond acceptors (Lipinski definition) is 1. The summed E-state index contributed by atoms with van der Waals surface area (Å²) in [6.45, 7) is 1.99. The molecule has 0 unspecified atom stereocenters. The highest BCUT2D eigenvalue weighted by atomic mass is 32.1. The van der Waals surface area contributed by atoms with Gasteiger partial charge in [-0.2, -0.15) is 0 Å². The molecule has 0 spiro atoms. The first-order valence-corrected chi connectivity index (χ1v) is 3.52. The Morgan fingerprint density at radius 1 is 1.56 bits per heavy atom. The fraction of sp³-hybridized carbons (Fsp3) is 0.143. The lowest BCUT2D eigenvalue weighted by atomic mass is 10.5. The normalized spacial score (nSPS) is 7.67. The Hall–Kier alpha value is -0.940. The van der Waals surface area contributed by atoms with Crippen molar-refractivity contribution in [3.63, 3.8) is 0 Å². The summed E-state index contributed by atoms with van der Waals surface area (Å²) in [5, 5.41) is 1.92. The third-order valence-corrected chi connectivity index (χ3v) is 1.52. The third kappa shape index (κ3) is 2.20. The second-order valence-corrected chi connectivity index (χ2v) is 2.35. The van der Waals surface area contributed by atoms with Gasteiger partial charge >= 0.3 is 0 Å². The molecule has 2 heteroatoms. The van der Waals surface area contributed by atoms with Gasteiger partial charge in [-0.05, 0) is 13.0 Å². The van der Waals surface area contributed by atoms with Gasteiger partial charge < -0.3 is 4.37 Å². The lowest BCUT2D eigenvalue weighted by Crippen LogP contribution is -1.65. The first kappa shape index (κ1) is 6.18. The average molecular weight is 137 g/mol. The summed E-state index contributed by atoms with van der Waals surface area (Å²) in [5.41, 5.74) is 1.09. The molecule has 0 aliphatic rings. The summed E-state index contributed by atoms with van der Waals surface area (Å²) < 4.78 is 3.07. The number of rotatable bonds is 0. The minimum atomic E-state index is 1.09. The van der Waals surface area contributed by atoms with E-state index in [1.54, 1.807) is 0 Å². The number of nitrogens with one attached hydrogen (secondary N) is 1. The van der Waals surface area contributed by atoms with Gasteiger partial charge in [-0.3, -0.25) is 0 Å². The van der Waals surface area contributed by atoms with E-state index in [0.717, 1.165) is 5.69 Å². The number of H-pyrrole nitrogens is 1. The second kappa shape index (κ2) is 3.16. The molecule has 1 nitrogen and oxygen atoms in total. The van der Waals surface area contributed by atoms with E-state index in [1.165, 1.54) is 11.5 Å². The molecule has 0 aliphatic carbocycles. The minimum absolute atomic E-state index is 1.09. The molecule has 0 saturated carbocycles. The van der Waals surface area contributed by atoms with Crippen LogP contribution in [0.1, 0.15) is 5.69 Å². The van der Waals surface area contributed by atoms with Crippen LogP contribution in [0, 0.1) is 19.1 Å². The summed E-state index contributed by atoms with van der Waals surface area (Å²) >= 11 is 1.54. The van der Waals surface area contributed by atoms with Crippen molar-refractivity contribution < 1.29 is 0 Å². The van der Waals surface area contributed by atoms with Crippen molar-refractivity contribution in [2.45, 2.75) is 6.92 Å². The lowest BCUT2D eigenvalue weighted by molar-refractivity contribution is 1.32. The van der Waals surface area contributed by atoms with E-state index < -0.39 is 0 Å². The molecule has 0 saturated heterocycles. The number of aromatic nitrogens is 1. The Labute approximate surface area is 58.8 Å². The predicted octanol–water partition coefficient (Wildman–Crippen LogP) is 2.11. The first-order valence-electron chi connectivity index (χ1n) is 2.64. The number of aryl methyl sites for hydroxylation is 1. The van der Waals surface area contributed by atoms with E-state index in [0.29, 0.717) is 0 Å². The Morgan fingerprint density at radius 3 is 3.33 bits per heavy atom. The molecule has 0 bridgehead atoms. The molecule has 1 heterocycles. The van der Waals surface area contributed by atoms with Crippen LogP contribution in [0.2, 0.25) is 0 Å². The van der Waals surface area contributed by atoms with E-state index >= 15 is 0 Å². The van der Waals surface area contributed by atoms with Gasteiger partial charge in [-0.15, -0.1) is 0 Å². The first-order chi connectivity index (χ1) is 4.39. The van der Waals surface area contributed by atoms with Gasteiger partial charge in [0, 0.05) is 17.1 Å². The molecule has 46 valence electrons. The van der Waals surface area contributed by atoms with E-state index in [1.807, 2.05) is 24.4 Å². The van der Waals surface area contributed by atoms with Crippen LogP contribution < -0.4 is 0 Å². The van der Waals surface area contributed by atoms with Crippen LogP contribution in [0.15, 0.2) is 17.5 Å². The third-order valence-electron chi connectivity index (χ3n) is 0.811. The zero-order valence-corrected chi connectivity index (χ0v) is 5.96. The number of hydrogen-bond donors (Lipinski definition) is 1. The van der Waals surface area contributed by atoms with Crippen molar-refractivity contribution in [3.8, 4) is 0 Å². The Bertz CT molecular complexity index is 191. The van der Waals surface area contributed by atoms with Gasteiger partial charge in [0.25, 0.3) is 0 Å². The van der Waals surface area contributed by atoms with E-state index in [9.17, 15) is 0 Å². The standard InChI is InChI=1S/C7H7NS/c1-7-5-3-2-4-6-9-8-7/h4-6,8H,1H3. The molecule has 1 rings (SSSR count). The highest BCUT2D eigenvalue weighted by Crippen LogP contribution is 1.86. The smallest absolute Gasteiger partial charge is 0.0302 e. The van der Waals surface area contributed by atoms with Gasteiger partial charge in [0.15, 0.2) is 0 Å². The predicted molar refractivity (Wildman–Crippen MR) is 38.7 cm³/mol. The van der Waals surface area contributed by atoms with E-state index in [4.69, 9.17) is 0 Å². The Morgan fingerprint density at radius 2 is 2.44 bits per heavy atom. The lowest BCUT2D eigenvalue weighted by Gasteiger charge is -1.79. The minimum Gasteiger partial charge on any atom is -0.315 e. The number of aromatic amines is 1. The Balaban J connectivity index is 3.08. The van der Waals surface area contributed by atoms with Crippen molar-refractivity contribution >= 4 is 11.5 Å². The highest BCUT2D eigenvalue weighted by Gasteiger charge is 1.68. The maximum atomic E-state index is 3.07. The van der Waals surface area contributed by atoms with Crippen LogP contribution in [0.5, 0.6) is 0 Å².